The van der Waals surface area contributed by atoms with E-state index in [1.165, 1.54) is 36.5 Å². The van der Waals surface area contributed by atoms with Crippen molar-refractivity contribution >= 4 is 39.4 Å². The second kappa shape index (κ2) is 10.7. The number of halogens is 1. The topological polar surface area (TPSA) is 137 Å². The fourth-order valence-electron chi connectivity index (χ4n) is 3.71. The SMILES string of the molecule is CC(C)(C)CC(C)(C)c1cc(Br)c(OCC(=O)N/N=C\c2ccc([N+](=O)[O-])cc2)c([N+](=O)[O-])c1. The third kappa shape index (κ3) is 7.62. The minimum absolute atomic E-state index is 0.0208. The first-order valence-electron chi connectivity index (χ1n) is 10.4. The van der Waals surface area contributed by atoms with E-state index in [9.17, 15) is 25.0 Å². The Morgan fingerprint density at radius 3 is 2.24 bits per heavy atom. The number of nitro benzene ring substituents is 2. The van der Waals surface area contributed by atoms with E-state index < -0.39 is 22.4 Å². The molecule has 1 amide bonds. The van der Waals surface area contributed by atoms with Gasteiger partial charge in [-0.15, -0.1) is 0 Å². The van der Waals surface area contributed by atoms with E-state index in [1.54, 1.807) is 6.07 Å². The number of nitrogens with zero attached hydrogens (tertiary/aromatic N) is 3. The molecule has 0 atom stereocenters. The Morgan fingerprint density at radius 2 is 1.71 bits per heavy atom. The van der Waals surface area contributed by atoms with Crippen molar-refractivity contribution in [2.24, 2.45) is 10.5 Å². The molecule has 2 aromatic rings. The van der Waals surface area contributed by atoms with Crippen molar-refractivity contribution < 1.29 is 19.4 Å². The van der Waals surface area contributed by atoms with Crippen molar-refractivity contribution in [2.45, 2.75) is 46.5 Å². The average Bonchev–Trinajstić information content (AvgIpc) is 2.70. The number of hydrogen-bond donors (Lipinski definition) is 1. The van der Waals surface area contributed by atoms with Gasteiger partial charge < -0.3 is 4.74 Å². The van der Waals surface area contributed by atoms with Crippen molar-refractivity contribution in [1.29, 1.82) is 0 Å². The Bertz CT molecular complexity index is 1110. The molecule has 0 spiro atoms. The molecule has 0 aliphatic carbocycles. The summed E-state index contributed by atoms with van der Waals surface area (Å²) in [5, 5.41) is 26.2. The fourth-order valence-corrected chi connectivity index (χ4v) is 4.27. The van der Waals surface area contributed by atoms with Gasteiger partial charge in [-0.2, -0.15) is 5.10 Å². The Morgan fingerprint density at radius 1 is 1.09 bits per heavy atom. The van der Waals surface area contributed by atoms with E-state index in [0.29, 0.717) is 10.0 Å². The molecule has 2 rings (SSSR count). The third-order valence-corrected chi connectivity index (χ3v) is 5.42. The number of nitro groups is 2. The Balaban J connectivity index is 2.10. The van der Waals surface area contributed by atoms with Crippen LogP contribution < -0.4 is 10.2 Å². The van der Waals surface area contributed by atoms with Gasteiger partial charge in [-0.25, -0.2) is 5.43 Å². The lowest BCUT2D eigenvalue weighted by atomic mass is 9.72. The van der Waals surface area contributed by atoms with Gasteiger partial charge in [0.05, 0.1) is 20.5 Å². The van der Waals surface area contributed by atoms with Gasteiger partial charge in [0.1, 0.15) is 0 Å². The zero-order valence-electron chi connectivity index (χ0n) is 19.6. The maximum atomic E-state index is 12.1. The first-order chi connectivity index (χ1) is 15.7. The lowest BCUT2D eigenvalue weighted by molar-refractivity contribution is -0.386. The highest BCUT2D eigenvalue weighted by molar-refractivity contribution is 9.10. The summed E-state index contributed by atoms with van der Waals surface area (Å²) in [7, 11) is 0. The van der Waals surface area contributed by atoms with E-state index in [2.05, 4.69) is 47.2 Å². The summed E-state index contributed by atoms with van der Waals surface area (Å²) in [6.07, 6.45) is 2.12. The van der Waals surface area contributed by atoms with Crippen LogP contribution >= 0.6 is 15.9 Å². The number of hydrogen-bond acceptors (Lipinski definition) is 7. The molecule has 34 heavy (non-hydrogen) atoms. The average molecular weight is 535 g/mol. The van der Waals surface area contributed by atoms with E-state index >= 15 is 0 Å². The minimum atomic E-state index is -0.628. The first-order valence-corrected chi connectivity index (χ1v) is 11.2. The molecule has 0 aliphatic rings. The number of ether oxygens (including phenoxy) is 1. The second-order valence-corrected chi connectivity index (χ2v) is 10.5. The summed E-state index contributed by atoms with van der Waals surface area (Å²) in [6, 6.07) is 8.85. The number of hydrazone groups is 1. The van der Waals surface area contributed by atoms with Gasteiger partial charge in [0.15, 0.2) is 6.61 Å². The van der Waals surface area contributed by atoms with Gasteiger partial charge in [-0.05, 0) is 62.5 Å². The van der Waals surface area contributed by atoms with E-state index in [1.807, 2.05) is 13.8 Å². The quantitative estimate of drug-likeness (QED) is 0.255. The molecule has 182 valence electrons. The van der Waals surface area contributed by atoms with E-state index in [-0.39, 0.29) is 28.0 Å². The standard InChI is InChI=1S/C23H27BrN4O6/c1-22(2,3)14-23(4,5)16-10-18(24)21(19(11-16)28(32)33)34-13-20(29)26-25-12-15-6-8-17(9-7-15)27(30)31/h6-12H,13-14H2,1-5H3,(H,26,29)/b25-12-. The van der Waals surface area contributed by atoms with Crippen LogP contribution in [0.5, 0.6) is 5.75 Å². The molecule has 0 aromatic heterocycles. The fraction of sp³-hybridized carbons (Fsp3) is 0.391. The highest BCUT2D eigenvalue weighted by Gasteiger charge is 2.31. The molecule has 0 radical (unpaired) electrons. The molecule has 11 heteroatoms. The van der Waals surface area contributed by atoms with Crippen molar-refractivity contribution in [3.63, 3.8) is 0 Å². The Labute approximate surface area is 205 Å². The summed E-state index contributed by atoms with van der Waals surface area (Å²) < 4.78 is 5.83. The second-order valence-electron chi connectivity index (χ2n) is 9.62. The number of amides is 1. The molecule has 0 unspecified atom stereocenters. The van der Waals surface area contributed by atoms with Crippen LogP contribution in [0.15, 0.2) is 46.0 Å². The van der Waals surface area contributed by atoms with Crippen LogP contribution in [0.3, 0.4) is 0 Å². The normalized spacial score (nSPS) is 11.9. The van der Waals surface area contributed by atoms with Gasteiger partial charge in [-0.1, -0.05) is 34.6 Å². The van der Waals surface area contributed by atoms with Crippen molar-refractivity contribution in [1.82, 2.24) is 5.43 Å². The molecule has 0 heterocycles. The molecule has 10 nitrogen and oxygen atoms in total. The predicted octanol–water partition coefficient (Wildman–Crippen LogP) is 5.51. The Kier molecular flexibility index (Phi) is 8.49. The molecular weight excluding hydrogens is 508 g/mol. The molecule has 1 N–H and O–H groups in total. The summed E-state index contributed by atoms with van der Waals surface area (Å²) in [5.41, 5.74) is 2.97. The van der Waals surface area contributed by atoms with Crippen LogP contribution in [0.25, 0.3) is 0 Å². The molecule has 0 aliphatic heterocycles. The molecule has 0 fully saturated rings. The molecular formula is C23H27BrN4O6. The molecule has 0 bridgehead atoms. The number of nitrogens with one attached hydrogen (secondary N) is 1. The monoisotopic (exact) mass is 534 g/mol. The lowest BCUT2D eigenvalue weighted by Gasteiger charge is -2.33. The molecule has 2 aromatic carbocycles. The maximum absolute atomic E-state index is 12.1. The predicted molar refractivity (Wildman–Crippen MR) is 132 cm³/mol. The van der Waals surface area contributed by atoms with Crippen LogP contribution in [0.2, 0.25) is 0 Å². The summed E-state index contributed by atoms with van der Waals surface area (Å²) in [5.74, 6) is -0.675. The number of non-ortho nitro benzene ring substituents is 1. The number of carbonyl (C=O) groups excluding carboxylic acids is 1. The van der Waals surface area contributed by atoms with E-state index in [4.69, 9.17) is 4.74 Å². The summed E-state index contributed by atoms with van der Waals surface area (Å²) >= 11 is 3.35. The van der Waals surface area contributed by atoms with Crippen LogP contribution in [0.4, 0.5) is 11.4 Å². The van der Waals surface area contributed by atoms with Crippen LogP contribution in [-0.4, -0.2) is 28.6 Å². The van der Waals surface area contributed by atoms with Gasteiger partial charge in [-0.3, -0.25) is 25.0 Å². The van der Waals surface area contributed by atoms with Crippen molar-refractivity contribution in [3.05, 3.63) is 72.2 Å². The number of benzene rings is 2. The van der Waals surface area contributed by atoms with Crippen molar-refractivity contribution in [3.8, 4) is 5.75 Å². The molecule has 0 saturated carbocycles. The van der Waals surface area contributed by atoms with Gasteiger partial charge in [0.25, 0.3) is 11.6 Å². The maximum Gasteiger partial charge on any atom is 0.312 e. The van der Waals surface area contributed by atoms with Crippen LogP contribution in [-0.2, 0) is 10.2 Å². The first kappa shape index (κ1) is 26.9. The van der Waals surface area contributed by atoms with Crippen LogP contribution in [0.1, 0.15) is 52.2 Å². The number of carbonyl (C=O) groups is 1. The van der Waals surface area contributed by atoms with Gasteiger partial charge in [0.2, 0.25) is 5.75 Å². The minimum Gasteiger partial charge on any atom is -0.476 e. The third-order valence-electron chi connectivity index (χ3n) is 4.83. The lowest BCUT2D eigenvalue weighted by Crippen LogP contribution is -2.26. The van der Waals surface area contributed by atoms with Crippen LogP contribution in [0, 0.1) is 25.6 Å². The zero-order valence-corrected chi connectivity index (χ0v) is 21.2. The largest absolute Gasteiger partial charge is 0.476 e. The highest BCUT2D eigenvalue weighted by atomic mass is 79.9. The zero-order chi connectivity index (χ0) is 25.7. The van der Waals surface area contributed by atoms with E-state index in [0.717, 1.165) is 12.0 Å². The smallest absolute Gasteiger partial charge is 0.312 e. The van der Waals surface area contributed by atoms with Gasteiger partial charge in [0, 0.05) is 18.2 Å². The molecule has 0 saturated heterocycles. The number of rotatable bonds is 9. The van der Waals surface area contributed by atoms with Gasteiger partial charge >= 0.3 is 5.69 Å². The summed E-state index contributed by atoms with van der Waals surface area (Å²) in [4.78, 5) is 33.4. The highest BCUT2D eigenvalue weighted by Crippen LogP contribution is 2.43. The Hall–Kier alpha value is -3.34. The van der Waals surface area contributed by atoms with Crippen molar-refractivity contribution in [2.75, 3.05) is 6.61 Å². The summed E-state index contributed by atoms with van der Waals surface area (Å²) in [6.45, 7) is 9.89.